The van der Waals surface area contributed by atoms with Crippen LogP contribution in [0.15, 0.2) is 70.3 Å². The Labute approximate surface area is 332 Å². The monoisotopic (exact) mass is 793 g/mol. The second kappa shape index (κ2) is 14.2. The van der Waals surface area contributed by atoms with Crippen molar-refractivity contribution in [3.05, 3.63) is 121 Å². The highest BCUT2D eigenvalue weighted by Gasteiger charge is 2.39. The van der Waals surface area contributed by atoms with E-state index in [0.717, 1.165) is 42.7 Å². The predicted octanol–water partition coefficient (Wildman–Crippen LogP) is 6.39. The van der Waals surface area contributed by atoms with E-state index in [4.69, 9.17) is 11.6 Å². The van der Waals surface area contributed by atoms with Gasteiger partial charge < -0.3 is 14.8 Å². The normalized spacial score (nSPS) is 18.7. The molecule has 14 heteroatoms. The minimum atomic E-state index is -0.948. The largest absolute Gasteiger partial charge is 0.368 e. The summed E-state index contributed by atoms with van der Waals surface area (Å²) in [7, 11) is 0. The van der Waals surface area contributed by atoms with Crippen LogP contribution in [0.25, 0.3) is 16.6 Å². The van der Waals surface area contributed by atoms with Crippen molar-refractivity contribution in [3.8, 4) is 5.69 Å². The van der Waals surface area contributed by atoms with E-state index in [-0.39, 0.29) is 24.0 Å². The van der Waals surface area contributed by atoms with Crippen LogP contribution >= 0.6 is 11.6 Å². The van der Waals surface area contributed by atoms with Crippen LogP contribution in [0.4, 0.5) is 26.0 Å². The first-order valence-corrected chi connectivity index (χ1v) is 19.9. The van der Waals surface area contributed by atoms with E-state index in [9.17, 15) is 19.2 Å². The van der Waals surface area contributed by atoms with E-state index < -0.39 is 34.6 Å². The van der Waals surface area contributed by atoms with Gasteiger partial charge in [-0.05, 0) is 106 Å². The number of nitrogens with zero attached hydrogens (tertiary/aromatic N) is 6. The van der Waals surface area contributed by atoms with Gasteiger partial charge in [-0.15, -0.1) is 0 Å². The zero-order valence-electron chi connectivity index (χ0n) is 31.8. The maximum absolute atomic E-state index is 15.2. The lowest BCUT2D eigenvalue weighted by molar-refractivity contribution is -0.129. The number of halogens is 3. The summed E-state index contributed by atoms with van der Waals surface area (Å²) >= 11 is 6.48. The number of amides is 2. The molecule has 1 N–H and O–H groups in total. The number of pyridine rings is 1. The third-order valence-corrected chi connectivity index (χ3v) is 12.6. The number of nitrogens with one attached hydrogen (secondary N) is 1. The van der Waals surface area contributed by atoms with Gasteiger partial charge in [0.15, 0.2) is 11.6 Å². The molecule has 2 amide bonds. The molecule has 5 aromatic rings. The Kier molecular flexibility index (Phi) is 9.27. The first-order valence-electron chi connectivity index (χ1n) is 19.5. The highest BCUT2D eigenvalue weighted by Crippen LogP contribution is 2.45. The number of piperazine rings is 1. The van der Waals surface area contributed by atoms with E-state index in [1.54, 1.807) is 6.07 Å². The highest BCUT2D eigenvalue weighted by atomic mass is 35.5. The summed E-state index contributed by atoms with van der Waals surface area (Å²) in [4.78, 5) is 65.4. The molecule has 3 fully saturated rings. The lowest BCUT2D eigenvalue weighted by Crippen LogP contribution is -2.47. The molecule has 4 aliphatic heterocycles. The maximum Gasteiger partial charge on any atom is 0.282 e. The molecule has 0 aliphatic carbocycles. The van der Waals surface area contributed by atoms with E-state index in [0.29, 0.717) is 83.3 Å². The van der Waals surface area contributed by atoms with E-state index >= 15 is 8.78 Å². The Balaban J connectivity index is 0.832. The number of anilines is 3. The smallest absolute Gasteiger partial charge is 0.282 e. The number of imide groups is 1. The number of likely N-dealkylation sites (tertiary alicyclic amines) is 1. The molecule has 0 atom stereocenters. The summed E-state index contributed by atoms with van der Waals surface area (Å²) in [6.07, 6.45) is 2.40. The van der Waals surface area contributed by atoms with Gasteiger partial charge in [-0.3, -0.25) is 28.6 Å². The maximum atomic E-state index is 15.2. The molecule has 3 aromatic carbocycles. The van der Waals surface area contributed by atoms with Gasteiger partial charge in [0.2, 0.25) is 11.8 Å². The summed E-state index contributed by atoms with van der Waals surface area (Å²) < 4.78 is 32.5. The van der Waals surface area contributed by atoms with Gasteiger partial charge in [-0.25, -0.2) is 13.7 Å². The predicted molar refractivity (Wildman–Crippen MR) is 216 cm³/mol. The second-order valence-electron chi connectivity index (χ2n) is 16.1. The molecule has 0 unspecified atom stereocenters. The SMILES string of the molecule is CC1(C)c2ccc(C3CCN(Cc4ccc(N5CCN(c6cc(F)c(N7C(=O)CCCC7=O)c(F)c6)CC5)[nH]c4=O)CC3)cc2-n2c1nc(=O)c1c(Cl)cccc12. The molecule has 0 radical (unpaired) electrons. The van der Waals surface area contributed by atoms with E-state index in [1.165, 1.54) is 17.7 Å². The summed E-state index contributed by atoms with van der Waals surface area (Å²) in [6.45, 7) is 8.35. The van der Waals surface area contributed by atoms with Crippen molar-refractivity contribution in [2.45, 2.75) is 63.8 Å². The van der Waals surface area contributed by atoms with Crippen molar-refractivity contribution in [1.82, 2.24) is 19.4 Å². The molecular formula is C43H42ClF2N7O4. The average Bonchev–Trinajstić information content (AvgIpc) is 3.41. The number of hydrogen-bond donors (Lipinski definition) is 1. The first-order chi connectivity index (χ1) is 27.4. The number of rotatable bonds is 6. The van der Waals surface area contributed by atoms with Crippen LogP contribution in [0.5, 0.6) is 0 Å². The molecule has 3 saturated heterocycles. The lowest BCUT2D eigenvalue weighted by atomic mass is 9.83. The Hall–Kier alpha value is -5.40. The number of carbonyl (C=O) groups is 2. The Bertz CT molecular complexity index is 2550. The van der Waals surface area contributed by atoms with Gasteiger partial charge >= 0.3 is 0 Å². The van der Waals surface area contributed by atoms with Crippen LogP contribution in [-0.2, 0) is 21.5 Å². The minimum Gasteiger partial charge on any atom is -0.368 e. The molecule has 294 valence electrons. The van der Waals surface area contributed by atoms with Crippen LogP contribution in [0.2, 0.25) is 5.02 Å². The van der Waals surface area contributed by atoms with Gasteiger partial charge in [0.05, 0.1) is 27.0 Å². The molecular weight excluding hydrogens is 752 g/mol. The zero-order chi connectivity index (χ0) is 39.7. The van der Waals surface area contributed by atoms with Gasteiger partial charge in [-0.2, -0.15) is 4.98 Å². The Morgan fingerprint density at radius 2 is 1.53 bits per heavy atom. The number of aromatic amines is 1. The fraction of sp³-hybridized carbons (Fsp3) is 0.372. The van der Waals surface area contributed by atoms with E-state index in [1.807, 2.05) is 34.1 Å². The van der Waals surface area contributed by atoms with Crippen LogP contribution in [-0.4, -0.2) is 70.5 Å². The number of fused-ring (bicyclic) bond motifs is 5. The number of benzene rings is 3. The number of H-pyrrole nitrogens is 1. The summed E-state index contributed by atoms with van der Waals surface area (Å²) in [5, 5.41) is 0.825. The molecule has 6 heterocycles. The van der Waals surface area contributed by atoms with Crippen molar-refractivity contribution in [2.24, 2.45) is 0 Å². The second-order valence-corrected chi connectivity index (χ2v) is 16.5. The van der Waals surface area contributed by atoms with Gasteiger partial charge in [0.1, 0.15) is 17.3 Å². The lowest BCUT2D eigenvalue weighted by Gasteiger charge is -2.37. The molecule has 0 spiro atoms. The van der Waals surface area contributed by atoms with Crippen LogP contribution < -0.4 is 25.8 Å². The van der Waals surface area contributed by atoms with E-state index in [2.05, 4.69) is 51.5 Å². The molecule has 11 nitrogen and oxygen atoms in total. The quantitative estimate of drug-likeness (QED) is 0.197. The molecule has 9 rings (SSSR count). The molecule has 0 bridgehead atoms. The Morgan fingerprint density at radius 1 is 0.842 bits per heavy atom. The number of aromatic nitrogens is 3. The van der Waals surface area contributed by atoms with Crippen molar-refractivity contribution < 1.29 is 18.4 Å². The van der Waals surface area contributed by atoms with Crippen LogP contribution in [0, 0.1) is 11.6 Å². The average molecular weight is 794 g/mol. The molecule has 4 aliphatic rings. The summed E-state index contributed by atoms with van der Waals surface area (Å²) in [5.74, 6) is -1.35. The molecule has 2 aromatic heterocycles. The van der Waals surface area contributed by atoms with Gasteiger partial charge in [-0.1, -0.05) is 29.8 Å². The number of carbonyl (C=O) groups excluding carboxylic acids is 2. The Morgan fingerprint density at radius 3 is 2.21 bits per heavy atom. The fourth-order valence-electron chi connectivity index (χ4n) is 9.15. The molecule has 0 saturated carbocycles. The topological polar surface area (TPSA) is 115 Å². The fourth-order valence-corrected chi connectivity index (χ4v) is 9.40. The number of piperidine rings is 2. The first kappa shape index (κ1) is 37.2. The van der Waals surface area contributed by atoms with Crippen molar-refractivity contribution in [3.63, 3.8) is 0 Å². The van der Waals surface area contributed by atoms with Crippen LogP contribution in [0.1, 0.15) is 74.4 Å². The zero-order valence-corrected chi connectivity index (χ0v) is 32.5. The third-order valence-electron chi connectivity index (χ3n) is 12.3. The van der Waals surface area contributed by atoms with Gasteiger partial charge in [0.25, 0.3) is 11.1 Å². The van der Waals surface area contributed by atoms with Gasteiger partial charge in [0, 0.05) is 56.8 Å². The van der Waals surface area contributed by atoms with Crippen molar-refractivity contribution in [2.75, 3.05) is 54.0 Å². The standard InChI is InChI=1S/C43H42ClF2N7O4/c1-43(2)29-11-9-26(21-34(29)52-33-6-3-5-30(44)38(33)41(57)48-42(43)52)25-13-15-49(16-14-25)24-27-10-12-35(47-40(27)56)51-19-17-50(18-20-51)28-22-31(45)39(32(46)23-28)53-36(54)7-4-8-37(53)55/h3,5-6,9-12,21-23,25H,4,7-8,13-20,24H2,1-2H3,(H,47,56). The van der Waals surface area contributed by atoms with Crippen molar-refractivity contribution >= 4 is 51.5 Å². The highest BCUT2D eigenvalue weighted by molar-refractivity contribution is 6.35. The van der Waals surface area contributed by atoms with Crippen LogP contribution in [0.3, 0.4) is 0 Å². The van der Waals surface area contributed by atoms with Crippen molar-refractivity contribution in [1.29, 1.82) is 0 Å². The minimum absolute atomic E-state index is 0.0715. The summed E-state index contributed by atoms with van der Waals surface area (Å²) in [5.41, 5.74) is 3.67. The molecule has 57 heavy (non-hydrogen) atoms. The number of hydrogen-bond acceptors (Lipinski definition) is 8. The summed E-state index contributed by atoms with van der Waals surface area (Å²) in [6, 6.07) is 18.3. The third kappa shape index (κ3) is 6.41.